The van der Waals surface area contributed by atoms with Crippen molar-refractivity contribution in [2.24, 2.45) is 0 Å². The number of hydrogen-bond acceptors (Lipinski definition) is 3. The van der Waals surface area contributed by atoms with Crippen molar-refractivity contribution in [3.8, 4) is 5.75 Å². The van der Waals surface area contributed by atoms with Crippen molar-refractivity contribution in [1.29, 1.82) is 0 Å². The summed E-state index contributed by atoms with van der Waals surface area (Å²) in [6.45, 7) is 3.52. The monoisotopic (exact) mass is 325 g/mol. The Kier molecular flexibility index (Phi) is 4.80. The SMILES string of the molecule is CNCc1cc(Br)cc(C)c1OCc1cccs1. The maximum Gasteiger partial charge on any atom is 0.127 e. The van der Waals surface area contributed by atoms with Gasteiger partial charge in [-0.3, -0.25) is 0 Å². The van der Waals surface area contributed by atoms with Crippen LogP contribution in [0.2, 0.25) is 0 Å². The maximum atomic E-state index is 5.97. The van der Waals surface area contributed by atoms with Crippen LogP contribution in [0, 0.1) is 6.92 Å². The summed E-state index contributed by atoms with van der Waals surface area (Å²) in [5, 5.41) is 5.24. The van der Waals surface area contributed by atoms with Crippen molar-refractivity contribution in [3.63, 3.8) is 0 Å². The third-order valence-corrected chi connectivity index (χ3v) is 3.93. The van der Waals surface area contributed by atoms with Gasteiger partial charge in [0.1, 0.15) is 12.4 Å². The molecular weight excluding hydrogens is 310 g/mol. The Bertz CT molecular complexity index is 511. The minimum absolute atomic E-state index is 0.636. The number of thiophene rings is 1. The van der Waals surface area contributed by atoms with Gasteiger partial charge in [-0.15, -0.1) is 11.3 Å². The predicted molar refractivity (Wildman–Crippen MR) is 80.3 cm³/mol. The molecule has 0 fully saturated rings. The highest BCUT2D eigenvalue weighted by molar-refractivity contribution is 9.10. The van der Waals surface area contributed by atoms with E-state index in [2.05, 4.69) is 51.7 Å². The summed E-state index contributed by atoms with van der Waals surface area (Å²) >= 11 is 5.25. The minimum Gasteiger partial charge on any atom is -0.487 e. The fourth-order valence-corrected chi connectivity index (χ4v) is 3.10. The van der Waals surface area contributed by atoms with E-state index in [1.165, 1.54) is 10.4 Å². The van der Waals surface area contributed by atoms with E-state index < -0.39 is 0 Å². The lowest BCUT2D eigenvalue weighted by molar-refractivity contribution is 0.303. The molecule has 2 nitrogen and oxygen atoms in total. The number of hydrogen-bond donors (Lipinski definition) is 1. The highest BCUT2D eigenvalue weighted by atomic mass is 79.9. The summed E-state index contributed by atoms with van der Waals surface area (Å²) < 4.78 is 7.06. The van der Waals surface area contributed by atoms with Crippen LogP contribution in [0.4, 0.5) is 0 Å². The molecule has 0 aliphatic heterocycles. The molecule has 0 saturated heterocycles. The molecule has 1 heterocycles. The molecule has 18 heavy (non-hydrogen) atoms. The average Bonchev–Trinajstić information content (AvgIpc) is 2.81. The highest BCUT2D eigenvalue weighted by Crippen LogP contribution is 2.29. The normalized spacial score (nSPS) is 10.6. The zero-order valence-corrected chi connectivity index (χ0v) is 12.9. The first kappa shape index (κ1) is 13.6. The van der Waals surface area contributed by atoms with Gasteiger partial charge in [0.05, 0.1) is 0 Å². The fourth-order valence-electron chi connectivity index (χ4n) is 1.87. The zero-order chi connectivity index (χ0) is 13.0. The lowest BCUT2D eigenvalue weighted by Crippen LogP contribution is -2.08. The summed E-state index contributed by atoms with van der Waals surface area (Å²) in [5.41, 5.74) is 2.34. The van der Waals surface area contributed by atoms with Crippen molar-refractivity contribution >= 4 is 27.3 Å². The summed E-state index contributed by atoms with van der Waals surface area (Å²) in [5.74, 6) is 0.987. The van der Waals surface area contributed by atoms with Crippen LogP contribution in [0.15, 0.2) is 34.1 Å². The predicted octanol–water partition coefficient (Wildman–Crippen LogP) is 4.12. The fraction of sp³-hybridized carbons (Fsp3) is 0.286. The highest BCUT2D eigenvalue weighted by Gasteiger charge is 2.09. The molecule has 4 heteroatoms. The first-order chi connectivity index (χ1) is 8.70. The minimum atomic E-state index is 0.636. The molecule has 0 saturated carbocycles. The van der Waals surface area contributed by atoms with E-state index in [0.717, 1.165) is 22.3 Å². The quantitative estimate of drug-likeness (QED) is 0.892. The standard InChI is InChI=1S/C14H16BrNOS/c1-10-6-12(15)7-11(8-16-2)14(10)17-9-13-4-3-5-18-13/h3-7,16H,8-9H2,1-2H3. The van der Waals surface area contributed by atoms with Crippen LogP contribution in [0.5, 0.6) is 5.75 Å². The van der Waals surface area contributed by atoms with Gasteiger partial charge in [0.25, 0.3) is 0 Å². The largest absolute Gasteiger partial charge is 0.487 e. The number of nitrogens with one attached hydrogen (secondary N) is 1. The second-order valence-electron chi connectivity index (χ2n) is 4.11. The molecule has 1 aromatic carbocycles. The van der Waals surface area contributed by atoms with Gasteiger partial charge in [-0.1, -0.05) is 22.0 Å². The summed E-state index contributed by atoms with van der Waals surface area (Å²) in [4.78, 5) is 1.24. The van der Waals surface area contributed by atoms with Crippen molar-refractivity contribution in [2.75, 3.05) is 7.05 Å². The molecule has 0 unspecified atom stereocenters. The Morgan fingerprint density at radius 3 is 2.89 bits per heavy atom. The molecule has 2 rings (SSSR count). The molecule has 0 aliphatic rings. The second kappa shape index (κ2) is 6.36. The molecule has 0 spiro atoms. The molecular formula is C14H16BrNOS. The molecule has 0 atom stereocenters. The Morgan fingerprint density at radius 1 is 1.39 bits per heavy atom. The number of benzene rings is 1. The van der Waals surface area contributed by atoms with Crippen LogP contribution in [-0.2, 0) is 13.2 Å². The van der Waals surface area contributed by atoms with Crippen LogP contribution in [0.1, 0.15) is 16.0 Å². The van der Waals surface area contributed by atoms with Gasteiger partial charge in [0, 0.05) is 21.5 Å². The van der Waals surface area contributed by atoms with Gasteiger partial charge in [-0.05, 0) is 43.1 Å². The van der Waals surface area contributed by atoms with Gasteiger partial charge in [0.2, 0.25) is 0 Å². The number of rotatable bonds is 5. The topological polar surface area (TPSA) is 21.3 Å². The van der Waals surface area contributed by atoms with E-state index in [9.17, 15) is 0 Å². The number of aryl methyl sites for hydroxylation is 1. The third-order valence-electron chi connectivity index (χ3n) is 2.62. The molecule has 1 aromatic heterocycles. The van der Waals surface area contributed by atoms with E-state index in [4.69, 9.17) is 4.74 Å². The van der Waals surface area contributed by atoms with E-state index in [1.807, 2.05) is 13.1 Å². The van der Waals surface area contributed by atoms with E-state index >= 15 is 0 Å². The van der Waals surface area contributed by atoms with Crippen LogP contribution in [-0.4, -0.2) is 7.05 Å². The average molecular weight is 326 g/mol. The van der Waals surface area contributed by atoms with Gasteiger partial charge in [-0.25, -0.2) is 0 Å². The Morgan fingerprint density at radius 2 is 2.22 bits per heavy atom. The second-order valence-corrected chi connectivity index (χ2v) is 6.06. The van der Waals surface area contributed by atoms with Crippen LogP contribution < -0.4 is 10.1 Å². The number of ether oxygens (including phenoxy) is 1. The molecule has 2 aromatic rings. The molecule has 0 aliphatic carbocycles. The van der Waals surface area contributed by atoms with Crippen LogP contribution >= 0.6 is 27.3 Å². The van der Waals surface area contributed by atoms with Crippen molar-refractivity contribution in [3.05, 3.63) is 50.1 Å². The first-order valence-corrected chi connectivity index (χ1v) is 7.46. The molecule has 0 amide bonds. The van der Waals surface area contributed by atoms with E-state index in [0.29, 0.717) is 6.61 Å². The Hall–Kier alpha value is -0.840. The molecule has 0 bridgehead atoms. The van der Waals surface area contributed by atoms with Gasteiger partial charge < -0.3 is 10.1 Å². The van der Waals surface area contributed by atoms with Crippen molar-refractivity contribution in [2.45, 2.75) is 20.1 Å². The maximum absolute atomic E-state index is 5.97. The molecule has 96 valence electrons. The molecule has 1 N–H and O–H groups in total. The lowest BCUT2D eigenvalue weighted by atomic mass is 10.1. The van der Waals surface area contributed by atoms with E-state index in [-0.39, 0.29) is 0 Å². The van der Waals surface area contributed by atoms with Crippen LogP contribution in [0.3, 0.4) is 0 Å². The van der Waals surface area contributed by atoms with Gasteiger partial charge in [0.15, 0.2) is 0 Å². The summed E-state index contributed by atoms with van der Waals surface area (Å²) in [7, 11) is 1.94. The van der Waals surface area contributed by atoms with Gasteiger partial charge >= 0.3 is 0 Å². The van der Waals surface area contributed by atoms with Crippen molar-refractivity contribution in [1.82, 2.24) is 5.32 Å². The smallest absolute Gasteiger partial charge is 0.127 e. The van der Waals surface area contributed by atoms with E-state index in [1.54, 1.807) is 11.3 Å². The Labute approximate surface area is 120 Å². The first-order valence-electron chi connectivity index (χ1n) is 5.79. The van der Waals surface area contributed by atoms with Crippen LogP contribution in [0.25, 0.3) is 0 Å². The molecule has 0 radical (unpaired) electrons. The summed E-state index contributed by atoms with van der Waals surface area (Å²) in [6.07, 6.45) is 0. The van der Waals surface area contributed by atoms with Crippen molar-refractivity contribution < 1.29 is 4.74 Å². The Balaban J connectivity index is 2.19. The number of halogens is 1. The zero-order valence-electron chi connectivity index (χ0n) is 10.5. The summed E-state index contributed by atoms with van der Waals surface area (Å²) in [6, 6.07) is 8.33. The van der Waals surface area contributed by atoms with Gasteiger partial charge in [-0.2, -0.15) is 0 Å². The third kappa shape index (κ3) is 3.34. The lowest BCUT2D eigenvalue weighted by Gasteiger charge is -2.14.